The molecule has 6 rings (SSSR count). The molecule has 1 amide bonds. The summed E-state index contributed by atoms with van der Waals surface area (Å²) in [4.78, 5) is 29.8. The number of amides is 1. The molecule has 5 aromatic rings. The molecule has 2 N–H and O–H groups in total. The van der Waals surface area contributed by atoms with E-state index in [0.29, 0.717) is 23.9 Å². The zero-order valence-electron chi connectivity index (χ0n) is 21.6. The van der Waals surface area contributed by atoms with Crippen LogP contribution < -0.4 is 10.1 Å². The zero-order valence-corrected chi connectivity index (χ0v) is 21.6. The number of imidazole rings is 1. The van der Waals surface area contributed by atoms with E-state index in [2.05, 4.69) is 30.5 Å². The van der Waals surface area contributed by atoms with Crippen LogP contribution in [0.3, 0.4) is 0 Å². The monoisotopic (exact) mass is 512 g/mol. The van der Waals surface area contributed by atoms with Gasteiger partial charge in [0.15, 0.2) is 11.5 Å². The van der Waals surface area contributed by atoms with E-state index in [1.165, 1.54) is 0 Å². The van der Waals surface area contributed by atoms with Gasteiger partial charge in [-0.1, -0.05) is 38.1 Å². The SMILES string of the molecule is Cn1cc(-c2nc3c(-c4ccc5c(c4)OCCC[C@H]5NC(=O)c4nc(C(C)(C)C)no4)ccnc3[nH]2)cn1. The van der Waals surface area contributed by atoms with Gasteiger partial charge in [-0.3, -0.25) is 9.48 Å². The molecule has 0 radical (unpaired) electrons. The predicted molar refractivity (Wildman–Crippen MR) is 139 cm³/mol. The number of carbonyl (C=O) groups excluding carboxylic acids is 1. The number of pyridine rings is 1. The van der Waals surface area contributed by atoms with Crippen LogP contribution in [0, 0.1) is 0 Å². The van der Waals surface area contributed by atoms with Gasteiger partial charge in [0.1, 0.15) is 17.1 Å². The van der Waals surface area contributed by atoms with Gasteiger partial charge in [0.05, 0.1) is 24.4 Å². The summed E-state index contributed by atoms with van der Waals surface area (Å²) in [6, 6.07) is 7.70. The lowest BCUT2D eigenvalue weighted by molar-refractivity contribution is 0.0890. The molecule has 0 bridgehead atoms. The van der Waals surface area contributed by atoms with Crippen molar-refractivity contribution in [2.45, 2.75) is 45.1 Å². The lowest BCUT2D eigenvalue weighted by Gasteiger charge is -2.18. The molecule has 1 aromatic carbocycles. The molecule has 0 unspecified atom stereocenters. The van der Waals surface area contributed by atoms with E-state index in [-0.39, 0.29) is 17.3 Å². The Labute approximate surface area is 218 Å². The number of aromatic amines is 1. The molecule has 5 heterocycles. The number of nitrogens with zero attached hydrogens (tertiary/aromatic N) is 6. The van der Waals surface area contributed by atoms with Gasteiger partial charge in [-0.05, 0) is 30.5 Å². The molecule has 0 saturated carbocycles. The Hall–Kier alpha value is -4.54. The van der Waals surface area contributed by atoms with Gasteiger partial charge >= 0.3 is 11.8 Å². The van der Waals surface area contributed by atoms with Crippen molar-refractivity contribution in [3.05, 3.63) is 60.1 Å². The summed E-state index contributed by atoms with van der Waals surface area (Å²) in [5.41, 5.74) is 4.80. The highest BCUT2D eigenvalue weighted by atomic mass is 16.5. The van der Waals surface area contributed by atoms with Gasteiger partial charge in [-0.25, -0.2) is 9.97 Å². The first kappa shape index (κ1) is 23.8. The van der Waals surface area contributed by atoms with Crippen molar-refractivity contribution in [3.63, 3.8) is 0 Å². The third kappa shape index (κ3) is 4.40. The van der Waals surface area contributed by atoms with Crippen molar-refractivity contribution < 1.29 is 14.1 Å². The maximum Gasteiger partial charge on any atom is 0.315 e. The van der Waals surface area contributed by atoms with Crippen LogP contribution in [0.15, 0.2) is 47.4 Å². The maximum absolute atomic E-state index is 13.0. The van der Waals surface area contributed by atoms with Crippen LogP contribution in [0.1, 0.15) is 61.7 Å². The van der Waals surface area contributed by atoms with Crippen LogP contribution in [0.25, 0.3) is 33.7 Å². The Morgan fingerprint density at radius 3 is 2.82 bits per heavy atom. The van der Waals surface area contributed by atoms with E-state index in [0.717, 1.165) is 46.4 Å². The number of rotatable bonds is 4. The van der Waals surface area contributed by atoms with Crippen molar-refractivity contribution in [3.8, 4) is 28.3 Å². The molecule has 1 aliphatic rings. The highest BCUT2D eigenvalue weighted by Crippen LogP contribution is 2.37. The van der Waals surface area contributed by atoms with Gasteiger partial charge in [0.2, 0.25) is 0 Å². The Bertz CT molecular complexity index is 1640. The summed E-state index contributed by atoms with van der Waals surface area (Å²) in [6.07, 6.45) is 6.94. The number of hydrogen-bond acceptors (Lipinski definition) is 8. The second kappa shape index (κ2) is 9.09. The minimum atomic E-state index is -0.398. The summed E-state index contributed by atoms with van der Waals surface area (Å²) in [7, 11) is 1.87. The van der Waals surface area contributed by atoms with Gasteiger partial charge in [0, 0.05) is 36.0 Å². The molecule has 1 atom stereocenters. The van der Waals surface area contributed by atoms with E-state index in [1.54, 1.807) is 17.1 Å². The third-order valence-electron chi connectivity index (χ3n) is 6.55. The first-order valence-corrected chi connectivity index (χ1v) is 12.5. The predicted octanol–water partition coefficient (Wildman–Crippen LogP) is 4.35. The number of aryl methyl sites for hydroxylation is 1. The first-order chi connectivity index (χ1) is 18.3. The van der Waals surface area contributed by atoms with Gasteiger partial charge in [-0.15, -0.1) is 0 Å². The van der Waals surface area contributed by atoms with Crippen molar-refractivity contribution in [2.24, 2.45) is 7.05 Å². The number of nitrogens with one attached hydrogen (secondary N) is 2. The van der Waals surface area contributed by atoms with E-state index < -0.39 is 5.91 Å². The highest BCUT2D eigenvalue weighted by molar-refractivity contribution is 5.92. The van der Waals surface area contributed by atoms with Crippen molar-refractivity contribution in [1.29, 1.82) is 0 Å². The summed E-state index contributed by atoms with van der Waals surface area (Å²) < 4.78 is 13.1. The smallest absolute Gasteiger partial charge is 0.315 e. The summed E-state index contributed by atoms with van der Waals surface area (Å²) in [6.45, 7) is 6.45. The topological polar surface area (TPSA) is 137 Å². The Kier molecular flexibility index (Phi) is 5.70. The van der Waals surface area contributed by atoms with Crippen molar-refractivity contribution in [2.75, 3.05) is 6.61 Å². The minimum absolute atomic E-state index is 0.0413. The zero-order chi connectivity index (χ0) is 26.4. The normalized spacial score (nSPS) is 15.6. The molecule has 0 spiro atoms. The number of aromatic nitrogens is 7. The number of hydrogen-bond donors (Lipinski definition) is 2. The highest BCUT2D eigenvalue weighted by Gasteiger charge is 2.27. The molecule has 194 valence electrons. The average molecular weight is 513 g/mol. The van der Waals surface area contributed by atoms with E-state index in [1.807, 2.05) is 58.3 Å². The molecule has 38 heavy (non-hydrogen) atoms. The molecule has 11 nitrogen and oxygen atoms in total. The molecule has 0 saturated heterocycles. The minimum Gasteiger partial charge on any atom is -0.493 e. The summed E-state index contributed by atoms with van der Waals surface area (Å²) in [5, 5.41) is 11.3. The fourth-order valence-electron chi connectivity index (χ4n) is 4.55. The molecular formula is C27H28N8O3. The van der Waals surface area contributed by atoms with Crippen LogP contribution in [0.2, 0.25) is 0 Å². The van der Waals surface area contributed by atoms with Crippen molar-refractivity contribution >= 4 is 17.1 Å². The summed E-state index contributed by atoms with van der Waals surface area (Å²) in [5.74, 6) is 1.48. The Morgan fingerprint density at radius 2 is 2.05 bits per heavy atom. The van der Waals surface area contributed by atoms with E-state index >= 15 is 0 Å². The van der Waals surface area contributed by atoms with Crippen LogP contribution in [0.4, 0.5) is 0 Å². The van der Waals surface area contributed by atoms with Crippen LogP contribution in [-0.2, 0) is 12.5 Å². The quantitative estimate of drug-likeness (QED) is 0.363. The van der Waals surface area contributed by atoms with Crippen LogP contribution in [0.5, 0.6) is 5.75 Å². The number of benzene rings is 1. The molecule has 11 heteroatoms. The number of carbonyl (C=O) groups is 1. The fourth-order valence-corrected chi connectivity index (χ4v) is 4.55. The average Bonchev–Trinajstić information content (AvgIpc) is 3.62. The maximum atomic E-state index is 13.0. The lowest BCUT2D eigenvalue weighted by atomic mass is 9.96. The second-order valence-electron chi connectivity index (χ2n) is 10.5. The lowest BCUT2D eigenvalue weighted by Crippen LogP contribution is -2.28. The van der Waals surface area contributed by atoms with Crippen molar-refractivity contribution in [1.82, 2.24) is 40.2 Å². The summed E-state index contributed by atoms with van der Waals surface area (Å²) >= 11 is 0. The number of H-pyrrole nitrogens is 1. The van der Waals surface area contributed by atoms with Gasteiger partial charge in [0.25, 0.3) is 0 Å². The number of fused-ring (bicyclic) bond motifs is 2. The van der Waals surface area contributed by atoms with Crippen LogP contribution >= 0.6 is 0 Å². The van der Waals surface area contributed by atoms with E-state index in [4.69, 9.17) is 14.2 Å². The standard InChI is InChI=1S/C27H28N8O3/c1-27(2,3)26-33-25(38-34-26)24(36)30-19-6-5-11-37-20-12-15(7-8-18(19)20)17-9-10-28-23-21(17)31-22(32-23)16-13-29-35(4)14-16/h7-10,12-14,19H,5-6,11H2,1-4H3,(H,30,36)(H,28,31,32)/t19-/m1/s1. The molecule has 0 fully saturated rings. The third-order valence-corrected chi connectivity index (χ3v) is 6.55. The molecule has 1 aliphatic heterocycles. The fraction of sp³-hybridized carbons (Fsp3) is 0.333. The van der Waals surface area contributed by atoms with Gasteiger partial charge in [-0.2, -0.15) is 10.1 Å². The van der Waals surface area contributed by atoms with E-state index in [9.17, 15) is 4.79 Å². The second-order valence-corrected chi connectivity index (χ2v) is 10.5. The Balaban J connectivity index is 1.31. The van der Waals surface area contributed by atoms with Crippen LogP contribution in [-0.4, -0.2) is 47.4 Å². The number of ether oxygens (including phenoxy) is 1. The largest absolute Gasteiger partial charge is 0.493 e. The van der Waals surface area contributed by atoms with Gasteiger partial charge < -0.3 is 19.6 Å². The molecule has 4 aromatic heterocycles. The first-order valence-electron chi connectivity index (χ1n) is 12.5. The molecule has 0 aliphatic carbocycles. The Morgan fingerprint density at radius 1 is 1.18 bits per heavy atom. The molecular weight excluding hydrogens is 484 g/mol.